The number of hydrogen-bond acceptors (Lipinski definition) is 3. The summed E-state index contributed by atoms with van der Waals surface area (Å²) in [4.78, 5) is 13.3. The third kappa shape index (κ3) is 4.24. The Kier molecular flexibility index (Phi) is 6.43. The molecule has 5 nitrogen and oxygen atoms in total. The van der Waals surface area contributed by atoms with Crippen LogP contribution in [0.25, 0.3) is 11.0 Å². The van der Waals surface area contributed by atoms with Gasteiger partial charge in [0.1, 0.15) is 5.75 Å². The lowest BCUT2D eigenvalue weighted by atomic mass is 9.78. The maximum Gasteiger partial charge on any atom is 0.203 e. The van der Waals surface area contributed by atoms with Gasteiger partial charge >= 0.3 is 0 Å². The summed E-state index contributed by atoms with van der Waals surface area (Å²) in [6.07, 6.45) is 0. The van der Waals surface area contributed by atoms with E-state index in [1.807, 2.05) is 85.0 Å². The molecule has 0 aliphatic heterocycles. The molecule has 3 rings (SSSR count). The second-order valence-electron chi connectivity index (χ2n) is 9.80. The number of phenolic OH excluding ortho intramolecular Hbond substituents is 1. The van der Waals surface area contributed by atoms with Crippen LogP contribution in [0.5, 0.6) is 5.75 Å². The predicted molar refractivity (Wildman–Crippen MR) is 127 cm³/mol. The molecule has 30 heavy (non-hydrogen) atoms. The molecule has 1 aromatic heterocycles. The van der Waals surface area contributed by atoms with Gasteiger partial charge in [0, 0.05) is 23.7 Å². The summed E-state index contributed by atoms with van der Waals surface area (Å²) < 4.78 is 3.51. The molecule has 0 aliphatic carbocycles. The van der Waals surface area contributed by atoms with Crippen molar-refractivity contribution in [1.82, 2.24) is 9.13 Å². The monoisotopic (exact) mass is 473 g/mol. The molecule has 0 amide bonds. The van der Waals surface area contributed by atoms with Gasteiger partial charge in [-0.15, -0.1) is 17.0 Å². The third-order valence-corrected chi connectivity index (χ3v) is 5.46. The van der Waals surface area contributed by atoms with E-state index in [0.717, 1.165) is 22.2 Å². The Balaban J connectivity index is 0.00000320. The van der Waals surface area contributed by atoms with Crippen LogP contribution < -0.4 is 5.62 Å². The first-order chi connectivity index (χ1) is 13.3. The smallest absolute Gasteiger partial charge is 0.203 e. The van der Waals surface area contributed by atoms with Gasteiger partial charge in [0.2, 0.25) is 5.62 Å². The van der Waals surface area contributed by atoms with Crippen molar-refractivity contribution < 1.29 is 9.90 Å². The first kappa shape index (κ1) is 23.9. The number of nitrogens with one attached hydrogen (secondary N) is 1. The number of aromatic nitrogens is 2. The number of imidazole rings is 1. The zero-order valence-corrected chi connectivity index (χ0v) is 20.5. The summed E-state index contributed by atoms with van der Waals surface area (Å²) in [6, 6.07) is 11.3. The first-order valence-electron chi connectivity index (χ1n) is 9.92. The van der Waals surface area contributed by atoms with Crippen LogP contribution in [0.3, 0.4) is 0 Å². The SMILES string of the molecule is Br.Cn1c(=N)n(CC(=O)c2cc(C(C)(C)C)c(O)c(C(C)(C)C)c2)c2ccccc21. The van der Waals surface area contributed by atoms with Crippen molar-refractivity contribution in [1.29, 1.82) is 5.41 Å². The number of rotatable bonds is 3. The summed E-state index contributed by atoms with van der Waals surface area (Å²) in [7, 11) is 1.83. The standard InChI is InChI=1S/C24H31N3O2.BrH/c1-23(2,3)16-12-15(13-17(21(16)29)24(4,5)6)20(28)14-27-19-11-9-8-10-18(19)26(7)22(27)25;/h8-13,25,29H,14H2,1-7H3;1H. The molecule has 0 atom stereocenters. The predicted octanol–water partition coefficient (Wildman–Crippen LogP) is 5.22. The number of carbonyl (C=O) groups excluding carboxylic acids is 1. The lowest BCUT2D eigenvalue weighted by Gasteiger charge is -2.28. The number of ketones is 1. The van der Waals surface area contributed by atoms with Crippen molar-refractivity contribution in [2.45, 2.75) is 58.9 Å². The molecule has 0 aliphatic rings. The highest BCUT2D eigenvalue weighted by molar-refractivity contribution is 8.93. The highest BCUT2D eigenvalue weighted by atomic mass is 79.9. The van der Waals surface area contributed by atoms with E-state index in [2.05, 4.69) is 0 Å². The van der Waals surface area contributed by atoms with Gasteiger partial charge < -0.3 is 14.2 Å². The number of carbonyl (C=O) groups is 1. The summed E-state index contributed by atoms with van der Waals surface area (Å²) in [5.41, 5.74) is 3.56. The fraction of sp³-hybridized carbons (Fsp3) is 0.417. The number of hydrogen-bond donors (Lipinski definition) is 2. The fourth-order valence-corrected chi connectivity index (χ4v) is 3.72. The highest BCUT2D eigenvalue weighted by Gasteiger charge is 2.28. The summed E-state index contributed by atoms with van der Waals surface area (Å²) in [5, 5.41) is 19.3. The molecular weight excluding hydrogens is 442 g/mol. The number of nitrogens with zero attached hydrogens (tertiary/aromatic N) is 2. The number of para-hydroxylation sites is 2. The van der Waals surface area contributed by atoms with Crippen LogP contribution in [0, 0.1) is 5.41 Å². The van der Waals surface area contributed by atoms with E-state index in [4.69, 9.17) is 5.41 Å². The molecule has 0 saturated carbocycles. The van der Waals surface area contributed by atoms with Crippen LogP contribution in [0.4, 0.5) is 0 Å². The molecule has 6 heteroatoms. The summed E-state index contributed by atoms with van der Waals surface area (Å²) in [5.74, 6) is 0.191. The van der Waals surface area contributed by atoms with Crippen molar-refractivity contribution in [3.63, 3.8) is 0 Å². The average molecular weight is 474 g/mol. The molecule has 0 fully saturated rings. The van der Waals surface area contributed by atoms with Crippen LogP contribution in [0.2, 0.25) is 0 Å². The van der Waals surface area contributed by atoms with Crippen LogP contribution in [-0.2, 0) is 24.4 Å². The lowest BCUT2D eigenvalue weighted by molar-refractivity contribution is 0.0971. The molecule has 2 N–H and O–H groups in total. The van der Waals surface area contributed by atoms with Gasteiger partial charge in [0.05, 0.1) is 17.6 Å². The van der Waals surface area contributed by atoms with Gasteiger partial charge in [-0.3, -0.25) is 10.2 Å². The van der Waals surface area contributed by atoms with Crippen LogP contribution in [0.1, 0.15) is 63.0 Å². The van der Waals surface area contributed by atoms with Gasteiger partial charge in [-0.05, 0) is 35.1 Å². The Morgan fingerprint density at radius 1 is 0.967 bits per heavy atom. The van der Waals surface area contributed by atoms with E-state index in [1.165, 1.54) is 0 Å². The van der Waals surface area contributed by atoms with E-state index < -0.39 is 0 Å². The van der Waals surface area contributed by atoms with Crippen LogP contribution >= 0.6 is 17.0 Å². The number of aromatic hydroxyl groups is 1. The minimum Gasteiger partial charge on any atom is -0.507 e. The Hall–Kier alpha value is -2.34. The number of phenols is 1. The molecule has 3 aromatic rings. The van der Waals surface area contributed by atoms with Gasteiger partial charge in [0.25, 0.3) is 0 Å². The average Bonchev–Trinajstić information content (AvgIpc) is 2.85. The molecule has 0 bridgehead atoms. The second kappa shape index (κ2) is 8.06. The fourth-order valence-electron chi connectivity index (χ4n) is 3.72. The van der Waals surface area contributed by atoms with E-state index in [1.54, 1.807) is 9.13 Å². The summed E-state index contributed by atoms with van der Waals surface area (Å²) >= 11 is 0. The van der Waals surface area contributed by atoms with E-state index >= 15 is 0 Å². The van der Waals surface area contributed by atoms with E-state index in [-0.39, 0.29) is 51.5 Å². The first-order valence-corrected chi connectivity index (χ1v) is 9.92. The summed E-state index contributed by atoms with van der Waals surface area (Å²) in [6.45, 7) is 12.3. The van der Waals surface area contributed by atoms with Gasteiger partial charge in [-0.2, -0.15) is 0 Å². The Bertz CT molecular complexity index is 1120. The zero-order valence-electron chi connectivity index (χ0n) is 18.8. The molecule has 2 aromatic carbocycles. The van der Waals surface area contributed by atoms with E-state index in [9.17, 15) is 9.90 Å². The van der Waals surface area contributed by atoms with Gasteiger partial charge in [-0.25, -0.2) is 0 Å². The molecule has 0 unspecified atom stereocenters. The zero-order chi connectivity index (χ0) is 21.7. The van der Waals surface area contributed by atoms with Crippen molar-refractivity contribution >= 4 is 33.8 Å². The quantitative estimate of drug-likeness (QED) is 0.511. The van der Waals surface area contributed by atoms with Gasteiger partial charge in [-0.1, -0.05) is 53.7 Å². The number of benzene rings is 2. The Morgan fingerprint density at radius 2 is 1.43 bits per heavy atom. The number of fused-ring (bicyclic) bond motifs is 1. The van der Waals surface area contributed by atoms with Crippen molar-refractivity contribution in [3.05, 3.63) is 58.7 Å². The number of aryl methyl sites for hydroxylation is 1. The molecular formula is C24H32BrN3O2. The number of Topliss-reactive ketones (excluding diaryl/α,β-unsaturated/α-hetero) is 1. The molecule has 1 heterocycles. The van der Waals surface area contributed by atoms with Crippen molar-refractivity contribution in [2.75, 3.05) is 0 Å². The number of halogens is 1. The maximum absolute atomic E-state index is 13.3. The van der Waals surface area contributed by atoms with Crippen molar-refractivity contribution in [3.8, 4) is 5.75 Å². The maximum atomic E-state index is 13.3. The molecule has 0 spiro atoms. The molecule has 162 valence electrons. The van der Waals surface area contributed by atoms with Crippen LogP contribution in [0.15, 0.2) is 36.4 Å². The minimum absolute atomic E-state index is 0. The topological polar surface area (TPSA) is 71.0 Å². The highest BCUT2D eigenvalue weighted by Crippen LogP contribution is 2.39. The van der Waals surface area contributed by atoms with E-state index in [0.29, 0.717) is 5.56 Å². The molecule has 0 saturated heterocycles. The third-order valence-electron chi connectivity index (χ3n) is 5.46. The van der Waals surface area contributed by atoms with Crippen molar-refractivity contribution in [2.24, 2.45) is 7.05 Å². The van der Waals surface area contributed by atoms with Gasteiger partial charge in [0.15, 0.2) is 5.78 Å². The second-order valence-corrected chi connectivity index (χ2v) is 9.80. The lowest BCUT2D eigenvalue weighted by Crippen LogP contribution is -2.26. The molecule has 0 radical (unpaired) electrons. The Morgan fingerprint density at radius 3 is 1.90 bits per heavy atom. The van der Waals surface area contributed by atoms with Crippen LogP contribution in [-0.4, -0.2) is 20.0 Å². The normalized spacial score (nSPS) is 12.1. The minimum atomic E-state index is -0.298. The largest absolute Gasteiger partial charge is 0.507 e. The Labute approximate surface area is 188 Å².